The molecule has 0 saturated carbocycles. The summed E-state index contributed by atoms with van der Waals surface area (Å²) in [5.74, 6) is 0. The Labute approximate surface area is 154 Å². The Bertz CT molecular complexity index is 769. The number of hydrogen-bond donors (Lipinski definition) is 0. The van der Waals surface area contributed by atoms with Crippen LogP contribution in [0.5, 0.6) is 0 Å². The summed E-state index contributed by atoms with van der Waals surface area (Å²) >= 11 is 6.37. The molecule has 0 spiro atoms. The summed E-state index contributed by atoms with van der Waals surface area (Å²) in [4.78, 5) is 6.85. The Balaban J connectivity index is 1.64. The Morgan fingerprint density at radius 3 is 2.48 bits per heavy atom. The minimum Gasteiger partial charge on any atom is -0.293 e. The van der Waals surface area contributed by atoms with Gasteiger partial charge in [-0.2, -0.15) is 5.26 Å². The van der Waals surface area contributed by atoms with Crippen LogP contribution in [0.3, 0.4) is 0 Å². The highest BCUT2D eigenvalue weighted by Crippen LogP contribution is 2.47. The molecule has 2 aliphatic rings. The van der Waals surface area contributed by atoms with E-state index >= 15 is 0 Å². The third kappa shape index (κ3) is 3.05. The molecule has 2 fully saturated rings. The average molecular weight is 352 g/mol. The molecule has 0 radical (unpaired) electrons. The fraction of sp³-hybridized carbons (Fsp3) is 0.429. The topological polar surface area (TPSA) is 39.9 Å². The number of pyridine rings is 1. The molecule has 0 unspecified atom stereocenters. The molecule has 2 saturated heterocycles. The van der Waals surface area contributed by atoms with Crippen molar-refractivity contribution in [2.45, 2.75) is 56.1 Å². The van der Waals surface area contributed by atoms with Gasteiger partial charge >= 0.3 is 0 Å². The quantitative estimate of drug-likeness (QED) is 0.751. The minimum atomic E-state index is -0.506. The predicted octanol–water partition coefficient (Wildman–Crippen LogP) is 4.71. The fourth-order valence-corrected chi connectivity index (χ4v) is 5.01. The van der Waals surface area contributed by atoms with Crippen molar-refractivity contribution in [1.29, 1.82) is 5.26 Å². The second-order valence-electron chi connectivity index (χ2n) is 7.34. The van der Waals surface area contributed by atoms with Gasteiger partial charge in [-0.05, 0) is 37.3 Å². The maximum Gasteiger partial charge on any atom is 0.133 e. The van der Waals surface area contributed by atoms with E-state index in [4.69, 9.17) is 11.6 Å². The van der Waals surface area contributed by atoms with Crippen LogP contribution in [-0.2, 0) is 12.0 Å². The Morgan fingerprint density at radius 2 is 1.84 bits per heavy atom. The lowest BCUT2D eigenvalue weighted by Crippen LogP contribution is -2.56. The Hall–Kier alpha value is -1.89. The van der Waals surface area contributed by atoms with Gasteiger partial charge in [0, 0.05) is 30.4 Å². The minimum absolute atomic E-state index is 0.434. The molecule has 1 aromatic heterocycles. The molecule has 25 heavy (non-hydrogen) atoms. The Kier molecular flexibility index (Phi) is 4.50. The number of halogens is 1. The lowest BCUT2D eigenvalue weighted by Gasteiger charge is -2.52. The summed E-state index contributed by atoms with van der Waals surface area (Å²) in [5, 5.41) is 10.6. The second-order valence-corrected chi connectivity index (χ2v) is 7.70. The van der Waals surface area contributed by atoms with Crippen LogP contribution >= 0.6 is 11.6 Å². The van der Waals surface area contributed by atoms with E-state index in [1.165, 1.54) is 12.0 Å². The van der Waals surface area contributed by atoms with Crippen molar-refractivity contribution >= 4 is 11.6 Å². The molecule has 0 aliphatic carbocycles. The molecular weight excluding hydrogens is 330 g/mol. The lowest BCUT2D eigenvalue weighted by atomic mass is 9.66. The van der Waals surface area contributed by atoms with Crippen LogP contribution < -0.4 is 0 Å². The molecule has 2 bridgehead atoms. The van der Waals surface area contributed by atoms with Crippen LogP contribution in [0.25, 0.3) is 0 Å². The summed E-state index contributed by atoms with van der Waals surface area (Å²) in [6.07, 6.45) is 6.96. The molecule has 2 aromatic rings. The molecule has 128 valence electrons. The van der Waals surface area contributed by atoms with Crippen molar-refractivity contribution in [3.05, 3.63) is 64.9 Å². The van der Waals surface area contributed by atoms with E-state index in [-0.39, 0.29) is 0 Å². The molecule has 4 rings (SSSR count). The molecule has 2 atom stereocenters. The Morgan fingerprint density at radius 1 is 1.12 bits per heavy atom. The summed E-state index contributed by atoms with van der Waals surface area (Å²) in [6.45, 7) is 0.971. The first kappa shape index (κ1) is 16.6. The van der Waals surface area contributed by atoms with E-state index in [1.807, 2.05) is 12.1 Å². The standard InChI is InChI=1S/C21H22ClN3/c22-20-19(10-5-11-24-20)21(15-23)12-17-8-4-9-18(13-21)25(17)14-16-6-2-1-3-7-16/h1-3,5-7,10-11,17-18H,4,8-9,12-14H2/t17-,18-/m0/s1. The van der Waals surface area contributed by atoms with E-state index < -0.39 is 5.41 Å². The van der Waals surface area contributed by atoms with Crippen molar-refractivity contribution in [2.24, 2.45) is 0 Å². The zero-order chi connectivity index (χ0) is 17.3. The van der Waals surface area contributed by atoms with Gasteiger partial charge in [-0.25, -0.2) is 4.98 Å². The van der Waals surface area contributed by atoms with Crippen molar-refractivity contribution in [2.75, 3.05) is 0 Å². The van der Waals surface area contributed by atoms with Crippen LogP contribution in [0.2, 0.25) is 5.15 Å². The van der Waals surface area contributed by atoms with E-state index in [0.29, 0.717) is 17.2 Å². The molecule has 1 aromatic carbocycles. The van der Waals surface area contributed by atoms with Gasteiger partial charge in [0.25, 0.3) is 0 Å². The third-order valence-electron chi connectivity index (χ3n) is 5.88. The van der Waals surface area contributed by atoms with Gasteiger partial charge in [0.2, 0.25) is 0 Å². The number of fused-ring (bicyclic) bond motifs is 2. The van der Waals surface area contributed by atoms with Gasteiger partial charge < -0.3 is 0 Å². The molecule has 0 N–H and O–H groups in total. The first-order valence-electron chi connectivity index (χ1n) is 9.04. The van der Waals surface area contributed by atoms with Gasteiger partial charge in [-0.15, -0.1) is 0 Å². The number of nitriles is 1. The lowest BCUT2D eigenvalue weighted by molar-refractivity contribution is 0.00763. The number of nitrogens with zero attached hydrogens (tertiary/aromatic N) is 3. The van der Waals surface area contributed by atoms with Crippen LogP contribution in [0.15, 0.2) is 48.7 Å². The maximum absolute atomic E-state index is 10.1. The largest absolute Gasteiger partial charge is 0.293 e. The van der Waals surface area contributed by atoms with Gasteiger partial charge in [0.15, 0.2) is 0 Å². The SMILES string of the molecule is N#CC1(c2cccnc2Cl)C[C@@H]2CCC[C@@H](C1)N2Cc1ccccc1. The second kappa shape index (κ2) is 6.78. The zero-order valence-corrected chi connectivity index (χ0v) is 15.0. The third-order valence-corrected chi connectivity index (χ3v) is 6.18. The number of piperidine rings is 2. The number of aromatic nitrogens is 1. The summed E-state index contributed by atoms with van der Waals surface area (Å²) < 4.78 is 0. The summed E-state index contributed by atoms with van der Waals surface area (Å²) in [7, 11) is 0. The average Bonchev–Trinajstić information content (AvgIpc) is 2.63. The predicted molar refractivity (Wildman–Crippen MR) is 99.2 cm³/mol. The van der Waals surface area contributed by atoms with E-state index in [1.54, 1.807) is 6.20 Å². The van der Waals surface area contributed by atoms with Crippen LogP contribution in [0, 0.1) is 11.3 Å². The molecule has 2 aliphatic heterocycles. The van der Waals surface area contributed by atoms with Crippen LogP contribution in [-0.4, -0.2) is 22.0 Å². The number of benzene rings is 1. The van der Waals surface area contributed by atoms with Crippen molar-refractivity contribution < 1.29 is 0 Å². The first-order chi connectivity index (χ1) is 12.2. The van der Waals surface area contributed by atoms with E-state index in [9.17, 15) is 5.26 Å². The highest BCUT2D eigenvalue weighted by atomic mass is 35.5. The normalized spacial score (nSPS) is 29.1. The highest BCUT2D eigenvalue weighted by Gasteiger charge is 2.48. The summed E-state index contributed by atoms with van der Waals surface area (Å²) in [5.41, 5.74) is 1.76. The maximum atomic E-state index is 10.1. The smallest absolute Gasteiger partial charge is 0.133 e. The van der Waals surface area contributed by atoms with Crippen molar-refractivity contribution in [3.63, 3.8) is 0 Å². The number of rotatable bonds is 3. The number of hydrogen-bond acceptors (Lipinski definition) is 3. The van der Waals surface area contributed by atoms with Crippen molar-refractivity contribution in [1.82, 2.24) is 9.88 Å². The monoisotopic (exact) mass is 351 g/mol. The highest BCUT2D eigenvalue weighted by molar-refractivity contribution is 6.30. The summed E-state index contributed by atoms with van der Waals surface area (Å²) in [6, 6.07) is 18.0. The molecule has 4 heteroatoms. The molecular formula is C21H22ClN3. The zero-order valence-electron chi connectivity index (χ0n) is 14.2. The van der Waals surface area contributed by atoms with Gasteiger partial charge in [-0.3, -0.25) is 4.90 Å². The molecule has 3 nitrogen and oxygen atoms in total. The molecule has 0 amide bonds. The first-order valence-corrected chi connectivity index (χ1v) is 9.41. The van der Waals surface area contributed by atoms with Crippen LogP contribution in [0.1, 0.15) is 43.2 Å². The van der Waals surface area contributed by atoms with E-state index in [0.717, 1.165) is 37.8 Å². The van der Waals surface area contributed by atoms with Crippen LogP contribution in [0.4, 0.5) is 0 Å². The molecule has 3 heterocycles. The van der Waals surface area contributed by atoms with Gasteiger partial charge in [0.05, 0.1) is 11.5 Å². The van der Waals surface area contributed by atoms with Crippen molar-refractivity contribution in [3.8, 4) is 6.07 Å². The van der Waals surface area contributed by atoms with Gasteiger partial charge in [-0.1, -0.05) is 54.4 Å². The van der Waals surface area contributed by atoms with Gasteiger partial charge in [0.1, 0.15) is 5.15 Å². The van der Waals surface area contributed by atoms with E-state index in [2.05, 4.69) is 46.3 Å². The fourth-order valence-electron chi connectivity index (χ4n) is 4.71.